The molecule has 2 aliphatic rings. The van der Waals surface area contributed by atoms with Gasteiger partial charge in [-0.2, -0.15) is 0 Å². The number of nitrogens with one attached hydrogen (secondary N) is 2. The van der Waals surface area contributed by atoms with Crippen molar-refractivity contribution in [1.82, 2.24) is 10.3 Å². The lowest BCUT2D eigenvalue weighted by atomic mass is 10.1. The van der Waals surface area contributed by atoms with E-state index in [4.69, 9.17) is 0 Å². The molecule has 1 aromatic heterocycles. The summed E-state index contributed by atoms with van der Waals surface area (Å²) >= 11 is 2.64. The van der Waals surface area contributed by atoms with Gasteiger partial charge in [0.25, 0.3) is 5.91 Å². The molecule has 1 aliphatic heterocycles. The summed E-state index contributed by atoms with van der Waals surface area (Å²) in [7, 11) is 0. The highest BCUT2D eigenvalue weighted by Gasteiger charge is 2.25. The van der Waals surface area contributed by atoms with Crippen LogP contribution in [0.4, 0.5) is 10.8 Å². The molecule has 1 aromatic carbocycles. The van der Waals surface area contributed by atoms with Crippen LogP contribution in [-0.2, 0) is 22.4 Å². The maximum atomic E-state index is 12.2. The molecule has 0 spiro atoms. The van der Waals surface area contributed by atoms with E-state index in [1.807, 2.05) is 12.1 Å². The van der Waals surface area contributed by atoms with Crippen LogP contribution < -0.4 is 10.6 Å². The average Bonchev–Trinajstić information content (AvgIpc) is 3.29. The van der Waals surface area contributed by atoms with Crippen LogP contribution in [-0.4, -0.2) is 22.0 Å². The van der Waals surface area contributed by atoms with Crippen LogP contribution in [0.5, 0.6) is 0 Å². The molecule has 2 amide bonds. The van der Waals surface area contributed by atoms with Gasteiger partial charge >= 0.3 is 0 Å². The minimum Gasteiger partial charge on any atom is -0.302 e. The second kappa shape index (κ2) is 7.05. The summed E-state index contributed by atoms with van der Waals surface area (Å²) in [5.41, 5.74) is 3.58. The number of hydrogen-bond donors (Lipinski definition) is 2. The summed E-state index contributed by atoms with van der Waals surface area (Å²) in [6, 6.07) is 6.16. The lowest BCUT2D eigenvalue weighted by Gasteiger charge is -2.03. The topological polar surface area (TPSA) is 83.4 Å². The average molecular weight is 384 g/mol. The first kappa shape index (κ1) is 17.0. The molecular weight excluding hydrogens is 368 g/mol. The standard InChI is InChI=1S/C18H16N4O2S2/c1-10(23)20-17-19-9-12(25-17)8-15-16(24)22-18(26-15)21-14-7-3-5-11-4-2-6-13(11)14/h3,5,7-9H,2,4,6H2,1H3,(H,19,20,23)(H,21,22,24)/b15-8-. The molecule has 1 saturated heterocycles. The first-order chi connectivity index (χ1) is 12.6. The number of benzene rings is 1. The van der Waals surface area contributed by atoms with Crippen LogP contribution in [0, 0.1) is 0 Å². The van der Waals surface area contributed by atoms with Crippen molar-refractivity contribution in [3.63, 3.8) is 0 Å². The number of amides is 2. The molecule has 0 bridgehead atoms. The number of aliphatic imine (C=N–C) groups is 1. The van der Waals surface area contributed by atoms with Gasteiger partial charge in [0.15, 0.2) is 10.3 Å². The van der Waals surface area contributed by atoms with Gasteiger partial charge in [0.1, 0.15) is 0 Å². The number of thiazole rings is 1. The Morgan fingerprint density at radius 3 is 3.12 bits per heavy atom. The van der Waals surface area contributed by atoms with E-state index < -0.39 is 0 Å². The predicted octanol–water partition coefficient (Wildman–Crippen LogP) is 3.48. The van der Waals surface area contributed by atoms with Crippen LogP contribution in [0.2, 0.25) is 0 Å². The molecule has 0 radical (unpaired) electrons. The summed E-state index contributed by atoms with van der Waals surface area (Å²) in [5.74, 6) is -0.341. The van der Waals surface area contributed by atoms with Crippen molar-refractivity contribution in [2.24, 2.45) is 4.99 Å². The Morgan fingerprint density at radius 1 is 1.38 bits per heavy atom. The lowest BCUT2D eigenvalue weighted by Crippen LogP contribution is -2.19. The van der Waals surface area contributed by atoms with Crippen LogP contribution in [0.3, 0.4) is 0 Å². The fourth-order valence-electron chi connectivity index (χ4n) is 2.99. The highest BCUT2D eigenvalue weighted by atomic mass is 32.2. The Kier molecular flexibility index (Phi) is 4.60. The Bertz CT molecular complexity index is 962. The Hall–Kier alpha value is -2.45. The van der Waals surface area contributed by atoms with E-state index in [2.05, 4.69) is 26.7 Å². The monoisotopic (exact) mass is 384 g/mol. The maximum absolute atomic E-state index is 12.2. The van der Waals surface area contributed by atoms with E-state index in [0.717, 1.165) is 29.8 Å². The number of anilines is 1. The van der Waals surface area contributed by atoms with Crippen molar-refractivity contribution < 1.29 is 9.59 Å². The SMILES string of the molecule is CC(=O)Nc1ncc(/C=C2\SC(=Nc3cccc4c3CCC4)NC2=O)s1. The van der Waals surface area contributed by atoms with Gasteiger partial charge in [-0.05, 0) is 54.3 Å². The van der Waals surface area contributed by atoms with Crippen LogP contribution in [0.25, 0.3) is 6.08 Å². The third-order valence-electron chi connectivity index (χ3n) is 4.07. The largest absolute Gasteiger partial charge is 0.302 e. The van der Waals surface area contributed by atoms with Crippen molar-refractivity contribution in [2.45, 2.75) is 26.2 Å². The Balaban J connectivity index is 1.55. The van der Waals surface area contributed by atoms with Crippen LogP contribution in [0.1, 0.15) is 29.3 Å². The van der Waals surface area contributed by atoms with Gasteiger partial charge in [-0.3, -0.25) is 9.59 Å². The lowest BCUT2D eigenvalue weighted by molar-refractivity contribution is -0.115. The van der Waals surface area contributed by atoms with E-state index in [9.17, 15) is 9.59 Å². The van der Waals surface area contributed by atoms with Crippen molar-refractivity contribution in [1.29, 1.82) is 0 Å². The molecule has 2 N–H and O–H groups in total. The van der Waals surface area contributed by atoms with Crippen LogP contribution >= 0.6 is 23.1 Å². The zero-order valence-corrected chi connectivity index (χ0v) is 15.7. The zero-order chi connectivity index (χ0) is 18.1. The summed E-state index contributed by atoms with van der Waals surface area (Å²) in [6.45, 7) is 1.43. The number of nitrogens with zero attached hydrogens (tertiary/aromatic N) is 2. The first-order valence-corrected chi connectivity index (χ1v) is 9.85. The minimum absolute atomic E-state index is 0.170. The number of rotatable bonds is 3. The summed E-state index contributed by atoms with van der Waals surface area (Å²) in [5, 5.41) is 6.56. The predicted molar refractivity (Wildman–Crippen MR) is 106 cm³/mol. The number of thioether (sulfide) groups is 1. The number of hydrogen-bond acceptors (Lipinski definition) is 6. The Labute approximate surface area is 158 Å². The van der Waals surface area contributed by atoms with E-state index in [0.29, 0.717) is 15.2 Å². The van der Waals surface area contributed by atoms with E-state index in [1.54, 1.807) is 12.3 Å². The Morgan fingerprint density at radius 2 is 2.27 bits per heavy atom. The fourth-order valence-corrected chi connectivity index (χ4v) is 4.69. The second-order valence-electron chi connectivity index (χ2n) is 6.00. The van der Waals surface area contributed by atoms with Crippen molar-refractivity contribution in [3.8, 4) is 0 Å². The molecule has 2 heterocycles. The molecule has 0 saturated carbocycles. The second-order valence-corrected chi connectivity index (χ2v) is 8.09. The zero-order valence-electron chi connectivity index (χ0n) is 14.0. The molecule has 6 nitrogen and oxygen atoms in total. The molecule has 26 heavy (non-hydrogen) atoms. The van der Waals surface area contributed by atoms with Gasteiger partial charge in [-0.15, -0.1) is 0 Å². The molecule has 132 valence electrons. The molecule has 1 fully saturated rings. The summed E-state index contributed by atoms with van der Waals surface area (Å²) in [4.78, 5) is 33.4. The smallest absolute Gasteiger partial charge is 0.264 e. The highest BCUT2D eigenvalue weighted by Crippen LogP contribution is 2.34. The number of aryl methyl sites for hydroxylation is 1. The molecule has 4 rings (SSSR count). The maximum Gasteiger partial charge on any atom is 0.264 e. The summed E-state index contributed by atoms with van der Waals surface area (Å²) in [6.07, 6.45) is 6.69. The fraction of sp³-hybridized carbons (Fsp3) is 0.222. The van der Waals surface area contributed by atoms with Gasteiger partial charge in [-0.1, -0.05) is 23.5 Å². The molecule has 0 unspecified atom stereocenters. The van der Waals surface area contributed by atoms with Gasteiger partial charge in [0.05, 0.1) is 15.5 Å². The van der Waals surface area contributed by atoms with E-state index >= 15 is 0 Å². The van der Waals surface area contributed by atoms with Gasteiger partial charge in [0, 0.05) is 13.1 Å². The first-order valence-electron chi connectivity index (χ1n) is 8.22. The number of carbonyl (C=O) groups excluding carboxylic acids is 2. The van der Waals surface area contributed by atoms with Crippen molar-refractivity contribution in [2.75, 3.05) is 5.32 Å². The quantitative estimate of drug-likeness (QED) is 0.794. The van der Waals surface area contributed by atoms with Gasteiger partial charge in [-0.25, -0.2) is 9.98 Å². The van der Waals surface area contributed by atoms with Crippen molar-refractivity contribution >= 4 is 57.0 Å². The molecule has 8 heteroatoms. The summed E-state index contributed by atoms with van der Waals surface area (Å²) < 4.78 is 0. The van der Waals surface area contributed by atoms with Gasteiger partial charge < -0.3 is 10.6 Å². The molecule has 2 aromatic rings. The molecule has 1 aliphatic carbocycles. The number of amidine groups is 1. The number of aromatic nitrogens is 1. The number of fused-ring (bicyclic) bond motifs is 1. The van der Waals surface area contributed by atoms with Crippen molar-refractivity contribution in [3.05, 3.63) is 45.3 Å². The normalized spacial score (nSPS) is 19.0. The number of carbonyl (C=O) groups is 2. The minimum atomic E-state index is -0.171. The highest BCUT2D eigenvalue weighted by molar-refractivity contribution is 8.18. The molecule has 0 atom stereocenters. The van der Waals surface area contributed by atoms with E-state index in [-0.39, 0.29) is 11.8 Å². The molecular formula is C18H16N4O2S2. The van der Waals surface area contributed by atoms with Crippen LogP contribution in [0.15, 0.2) is 34.3 Å². The third-order valence-corrected chi connectivity index (χ3v) is 5.84. The van der Waals surface area contributed by atoms with Gasteiger partial charge in [0.2, 0.25) is 5.91 Å². The van der Waals surface area contributed by atoms with E-state index in [1.165, 1.54) is 41.1 Å². The third kappa shape index (κ3) is 3.56.